The molecule has 1 amide bonds. The molecule has 27 heavy (non-hydrogen) atoms. The molecule has 0 radical (unpaired) electrons. The van der Waals surface area contributed by atoms with E-state index in [4.69, 9.17) is 4.74 Å². The number of imidazole rings is 1. The largest absolute Gasteiger partial charge is 0.497 e. The van der Waals surface area contributed by atoms with Gasteiger partial charge in [0.1, 0.15) is 17.6 Å². The highest BCUT2D eigenvalue weighted by atomic mass is 16.5. The molecular weight excluding hydrogens is 342 g/mol. The number of ether oxygens (including phenoxy) is 1. The SMILES string of the molecule is COc1ccc(C2CC(C(=O)NCCc3nc4ccccc4[nH]3)NN2)cc1. The van der Waals surface area contributed by atoms with Crippen molar-refractivity contribution in [2.24, 2.45) is 0 Å². The minimum atomic E-state index is -0.257. The van der Waals surface area contributed by atoms with Gasteiger partial charge < -0.3 is 15.0 Å². The molecule has 3 aromatic rings. The van der Waals surface area contributed by atoms with Crippen LogP contribution in [0.3, 0.4) is 0 Å². The molecule has 0 saturated carbocycles. The number of aromatic amines is 1. The highest BCUT2D eigenvalue weighted by Gasteiger charge is 2.29. The lowest BCUT2D eigenvalue weighted by molar-refractivity contribution is -0.122. The number of aromatic nitrogens is 2. The van der Waals surface area contributed by atoms with Crippen LogP contribution in [0.5, 0.6) is 5.75 Å². The summed E-state index contributed by atoms with van der Waals surface area (Å²) >= 11 is 0. The van der Waals surface area contributed by atoms with Crippen molar-refractivity contribution in [1.29, 1.82) is 0 Å². The zero-order chi connectivity index (χ0) is 18.6. The summed E-state index contributed by atoms with van der Waals surface area (Å²) in [5, 5.41) is 2.99. The number of fused-ring (bicyclic) bond motifs is 1. The zero-order valence-electron chi connectivity index (χ0n) is 15.2. The van der Waals surface area contributed by atoms with E-state index in [-0.39, 0.29) is 18.0 Å². The van der Waals surface area contributed by atoms with Crippen molar-refractivity contribution in [3.63, 3.8) is 0 Å². The standard InChI is InChI=1S/C20H23N5O2/c1-27-14-8-6-13(7-9-14)17-12-18(25-24-17)20(26)21-11-10-19-22-15-4-2-3-5-16(15)23-19/h2-9,17-18,24-25H,10-12H2,1H3,(H,21,26)(H,22,23). The molecule has 2 unspecified atom stereocenters. The summed E-state index contributed by atoms with van der Waals surface area (Å²) in [6, 6.07) is 15.6. The number of hydrazine groups is 1. The van der Waals surface area contributed by atoms with E-state index in [1.807, 2.05) is 48.5 Å². The molecule has 2 aromatic carbocycles. The van der Waals surface area contributed by atoms with Crippen molar-refractivity contribution in [2.45, 2.75) is 24.9 Å². The molecule has 1 aliphatic rings. The van der Waals surface area contributed by atoms with Gasteiger partial charge in [-0.05, 0) is 36.2 Å². The Labute approximate surface area is 157 Å². The molecule has 7 heteroatoms. The van der Waals surface area contributed by atoms with E-state index in [1.54, 1.807) is 7.11 Å². The van der Waals surface area contributed by atoms with Crippen molar-refractivity contribution < 1.29 is 9.53 Å². The van der Waals surface area contributed by atoms with Crippen LogP contribution in [0.1, 0.15) is 23.9 Å². The van der Waals surface area contributed by atoms with E-state index < -0.39 is 0 Å². The molecule has 0 spiro atoms. The number of hydrogen-bond acceptors (Lipinski definition) is 5. The maximum absolute atomic E-state index is 12.4. The lowest BCUT2D eigenvalue weighted by Gasteiger charge is -2.11. The van der Waals surface area contributed by atoms with Crippen molar-refractivity contribution in [1.82, 2.24) is 26.1 Å². The molecule has 7 nitrogen and oxygen atoms in total. The molecule has 140 valence electrons. The molecule has 1 fully saturated rings. The molecule has 4 rings (SSSR count). The Kier molecular flexibility index (Phi) is 5.04. The van der Waals surface area contributed by atoms with Crippen LogP contribution in [0.25, 0.3) is 11.0 Å². The summed E-state index contributed by atoms with van der Waals surface area (Å²) in [5.74, 6) is 1.70. The van der Waals surface area contributed by atoms with Gasteiger partial charge in [-0.25, -0.2) is 15.8 Å². The van der Waals surface area contributed by atoms with Gasteiger partial charge in [0.05, 0.1) is 18.1 Å². The van der Waals surface area contributed by atoms with Crippen molar-refractivity contribution in [2.75, 3.05) is 13.7 Å². The predicted molar refractivity (Wildman–Crippen MR) is 103 cm³/mol. The van der Waals surface area contributed by atoms with Gasteiger partial charge in [-0.15, -0.1) is 0 Å². The van der Waals surface area contributed by atoms with Crippen LogP contribution in [-0.2, 0) is 11.2 Å². The Bertz CT molecular complexity index is 889. The molecule has 1 aromatic heterocycles. The first-order valence-corrected chi connectivity index (χ1v) is 9.09. The third-order valence-corrected chi connectivity index (χ3v) is 4.84. The second-order valence-corrected chi connectivity index (χ2v) is 6.64. The summed E-state index contributed by atoms with van der Waals surface area (Å²) in [4.78, 5) is 20.2. The van der Waals surface area contributed by atoms with Crippen LogP contribution in [0, 0.1) is 0 Å². The minimum Gasteiger partial charge on any atom is -0.497 e. The van der Waals surface area contributed by atoms with Crippen LogP contribution in [-0.4, -0.2) is 35.6 Å². The first-order valence-electron chi connectivity index (χ1n) is 9.09. The number of para-hydroxylation sites is 2. The third-order valence-electron chi connectivity index (χ3n) is 4.84. The summed E-state index contributed by atoms with van der Waals surface area (Å²) in [7, 11) is 1.65. The summed E-state index contributed by atoms with van der Waals surface area (Å²) in [5.41, 5.74) is 9.37. The zero-order valence-corrected chi connectivity index (χ0v) is 15.2. The van der Waals surface area contributed by atoms with Crippen LogP contribution >= 0.6 is 0 Å². The van der Waals surface area contributed by atoms with Crippen LogP contribution in [0.2, 0.25) is 0 Å². The van der Waals surface area contributed by atoms with Crippen molar-refractivity contribution in [3.05, 3.63) is 59.9 Å². The monoisotopic (exact) mass is 365 g/mol. The van der Waals surface area contributed by atoms with Gasteiger partial charge in [0.15, 0.2) is 0 Å². The Balaban J connectivity index is 1.27. The second-order valence-electron chi connectivity index (χ2n) is 6.64. The first kappa shape index (κ1) is 17.5. The Morgan fingerprint density at radius 2 is 2.00 bits per heavy atom. The van der Waals surface area contributed by atoms with Crippen molar-refractivity contribution >= 4 is 16.9 Å². The molecule has 2 heterocycles. The number of hydrogen-bond donors (Lipinski definition) is 4. The summed E-state index contributed by atoms with van der Waals surface area (Å²) in [6.07, 6.45) is 1.37. The number of rotatable bonds is 6. The molecule has 0 bridgehead atoms. The number of H-pyrrole nitrogens is 1. The fourth-order valence-electron chi connectivity index (χ4n) is 3.33. The number of benzene rings is 2. The number of methoxy groups -OCH3 is 1. The second kappa shape index (κ2) is 7.77. The van der Waals surface area contributed by atoms with Gasteiger partial charge in [-0.3, -0.25) is 4.79 Å². The molecule has 1 aliphatic heterocycles. The maximum atomic E-state index is 12.4. The minimum absolute atomic E-state index is 0.00498. The van der Waals surface area contributed by atoms with Crippen LogP contribution < -0.4 is 20.9 Å². The van der Waals surface area contributed by atoms with E-state index in [2.05, 4.69) is 26.1 Å². The fraction of sp³-hybridized carbons (Fsp3) is 0.300. The van der Waals surface area contributed by atoms with Gasteiger partial charge in [0, 0.05) is 19.0 Å². The Morgan fingerprint density at radius 3 is 2.78 bits per heavy atom. The van der Waals surface area contributed by atoms with E-state index in [0.29, 0.717) is 19.4 Å². The molecule has 1 saturated heterocycles. The molecule has 4 N–H and O–H groups in total. The highest BCUT2D eigenvalue weighted by Crippen LogP contribution is 2.24. The van der Waals surface area contributed by atoms with Gasteiger partial charge in [-0.1, -0.05) is 24.3 Å². The van der Waals surface area contributed by atoms with Crippen LogP contribution in [0.15, 0.2) is 48.5 Å². The van der Waals surface area contributed by atoms with E-state index in [1.165, 1.54) is 0 Å². The molecular formula is C20H23N5O2. The number of nitrogens with zero attached hydrogens (tertiary/aromatic N) is 1. The Morgan fingerprint density at radius 1 is 1.19 bits per heavy atom. The highest BCUT2D eigenvalue weighted by molar-refractivity contribution is 5.82. The number of amides is 1. The van der Waals surface area contributed by atoms with Crippen molar-refractivity contribution in [3.8, 4) is 5.75 Å². The Hall–Kier alpha value is -2.90. The average Bonchev–Trinajstić information content (AvgIpc) is 3.35. The van der Waals surface area contributed by atoms with E-state index in [9.17, 15) is 4.79 Å². The first-order chi connectivity index (χ1) is 13.2. The van der Waals surface area contributed by atoms with E-state index >= 15 is 0 Å². The predicted octanol–water partition coefficient (Wildman–Crippen LogP) is 1.84. The fourth-order valence-corrected chi connectivity index (χ4v) is 3.33. The third kappa shape index (κ3) is 3.94. The lowest BCUT2D eigenvalue weighted by atomic mass is 10.0. The van der Waals surface area contributed by atoms with Crippen LogP contribution in [0.4, 0.5) is 0 Å². The topological polar surface area (TPSA) is 91.1 Å². The summed E-state index contributed by atoms with van der Waals surface area (Å²) in [6.45, 7) is 0.546. The van der Waals surface area contributed by atoms with Gasteiger partial charge >= 0.3 is 0 Å². The maximum Gasteiger partial charge on any atom is 0.238 e. The van der Waals surface area contributed by atoms with Gasteiger partial charge in [0.25, 0.3) is 0 Å². The number of carbonyl (C=O) groups is 1. The van der Waals surface area contributed by atoms with Gasteiger partial charge in [0.2, 0.25) is 5.91 Å². The average molecular weight is 365 g/mol. The van der Waals surface area contributed by atoms with Gasteiger partial charge in [-0.2, -0.15) is 0 Å². The summed E-state index contributed by atoms with van der Waals surface area (Å²) < 4.78 is 5.18. The van der Waals surface area contributed by atoms with E-state index in [0.717, 1.165) is 28.2 Å². The smallest absolute Gasteiger partial charge is 0.238 e. The molecule has 2 atom stereocenters. The normalized spacial score (nSPS) is 19.3. The lowest BCUT2D eigenvalue weighted by Crippen LogP contribution is -2.43. The quantitative estimate of drug-likeness (QED) is 0.535. The molecule has 0 aliphatic carbocycles. The number of carbonyl (C=O) groups excluding carboxylic acids is 1. The number of nitrogens with one attached hydrogen (secondary N) is 4.